The van der Waals surface area contributed by atoms with E-state index in [9.17, 15) is 9.90 Å². The zero-order valence-corrected chi connectivity index (χ0v) is 13.1. The third-order valence-corrected chi connectivity index (χ3v) is 3.73. The largest absolute Gasteiger partial charge is 0.493 e. The van der Waals surface area contributed by atoms with Gasteiger partial charge in [0.05, 0.1) is 12.2 Å². The van der Waals surface area contributed by atoms with Crippen molar-refractivity contribution in [3.8, 4) is 5.75 Å². The molecule has 122 valence electrons. The molecule has 0 aliphatic heterocycles. The molecule has 1 N–H and O–H groups in total. The summed E-state index contributed by atoms with van der Waals surface area (Å²) in [5, 5.41) is 9.29. The average Bonchev–Trinajstić information content (AvgIpc) is 3.03. The molecule has 0 fully saturated rings. The molecule has 3 aromatic rings. The van der Waals surface area contributed by atoms with Gasteiger partial charge in [0.2, 0.25) is 0 Å². The number of ether oxygens (including phenoxy) is 1. The Morgan fingerprint density at radius 1 is 1.08 bits per heavy atom. The predicted molar refractivity (Wildman–Crippen MR) is 90.4 cm³/mol. The highest BCUT2D eigenvalue weighted by Gasteiger charge is 2.11. The van der Waals surface area contributed by atoms with E-state index in [-0.39, 0.29) is 0 Å². The zero-order valence-electron chi connectivity index (χ0n) is 13.1. The fourth-order valence-electron chi connectivity index (χ4n) is 2.54. The second-order valence-corrected chi connectivity index (χ2v) is 5.35. The van der Waals surface area contributed by atoms with Crippen molar-refractivity contribution < 1.29 is 14.6 Å². The van der Waals surface area contributed by atoms with Crippen LogP contribution in [0.2, 0.25) is 0 Å². The topological polar surface area (TPSA) is 64.3 Å². The fraction of sp³-hybridized carbons (Fsp3) is 0.158. The lowest BCUT2D eigenvalue weighted by Crippen LogP contribution is -2.11. The van der Waals surface area contributed by atoms with Gasteiger partial charge in [-0.2, -0.15) is 0 Å². The van der Waals surface area contributed by atoms with Crippen molar-refractivity contribution in [1.29, 1.82) is 0 Å². The third kappa shape index (κ3) is 3.81. The van der Waals surface area contributed by atoms with Crippen LogP contribution in [0.25, 0.3) is 0 Å². The van der Waals surface area contributed by atoms with E-state index in [2.05, 4.69) is 4.98 Å². The minimum atomic E-state index is -0.917. The molecule has 1 aromatic heterocycles. The highest BCUT2D eigenvalue weighted by atomic mass is 16.5. The monoisotopic (exact) mass is 322 g/mol. The molecule has 0 aliphatic rings. The van der Waals surface area contributed by atoms with Crippen LogP contribution in [0.4, 0.5) is 0 Å². The molecule has 0 radical (unpaired) electrons. The van der Waals surface area contributed by atoms with Crippen LogP contribution < -0.4 is 4.74 Å². The van der Waals surface area contributed by atoms with Crippen LogP contribution in [0.5, 0.6) is 5.75 Å². The van der Waals surface area contributed by atoms with E-state index in [1.165, 1.54) is 0 Å². The van der Waals surface area contributed by atoms with E-state index in [1.54, 1.807) is 18.3 Å². The Balaban J connectivity index is 1.66. The van der Waals surface area contributed by atoms with E-state index in [0.717, 1.165) is 17.1 Å². The van der Waals surface area contributed by atoms with Gasteiger partial charge in [-0.3, -0.25) is 0 Å². The standard InChI is InChI=1S/C19H18N2O3/c22-19(23)17-9-5-4-6-15(17)14-21-12-11-20-18(21)10-13-24-16-7-2-1-3-8-16/h1-9,11-12H,10,13-14H2,(H,22,23). The molecule has 1 heterocycles. The molecule has 0 aliphatic carbocycles. The predicted octanol–water partition coefficient (Wildman–Crippen LogP) is 3.25. The fourth-order valence-corrected chi connectivity index (χ4v) is 2.54. The molecule has 5 nitrogen and oxygen atoms in total. The van der Waals surface area contributed by atoms with E-state index in [0.29, 0.717) is 25.1 Å². The lowest BCUT2D eigenvalue weighted by Gasteiger charge is -2.11. The Morgan fingerprint density at radius 2 is 1.83 bits per heavy atom. The normalized spacial score (nSPS) is 10.5. The van der Waals surface area contributed by atoms with Gasteiger partial charge in [-0.05, 0) is 23.8 Å². The van der Waals surface area contributed by atoms with Gasteiger partial charge in [-0.15, -0.1) is 0 Å². The summed E-state index contributed by atoms with van der Waals surface area (Å²) >= 11 is 0. The summed E-state index contributed by atoms with van der Waals surface area (Å²) in [4.78, 5) is 15.7. The Bertz CT molecular complexity index is 812. The van der Waals surface area contributed by atoms with E-state index in [4.69, 9.17) is 4.74 Å². The number of aromatic nitrogens is 2. The van der Waals surface area contributed by atoms with Crippen molar-refractivity contribution >= 4 is 5.97 Å². The maximum absolute atomic E-state index is 11.3. The third-order valence-electron chi connectivity index (χ3n) is 3.73. The molecular weight excluding hydrogens is 304 g/mol. The molecule has 0 unspecified atom stereocenters. The van der Waals surface area contributed by atoms with E-state index >= 15 is 0 Å². The number of carboxylic acid groups (broad SMARTS) is 1. The average molecular weight is 322 g/mol. The highest BCUT2D eigenvalue weighted by Crippen LogP contribution is 2.13. The number of imidazole rings is 1. The van der Waals surface area contributed by atoms with Crippen molar-refractivity contribution in [2.75, 3.05) is 6.61 Å². The molecule has 24 heavy (non-hydrogen) atoms. The molecule has 0 amide bonds. The van der Waals surface area contributed by atoms with Gasteiger partial charge in [0.1, 0.15) is 11.6 Å². The van der Waals surface area contributed by atoms with Gasteiger partial charge in [0, 0.05) is 25.4 Å². The first-order valence-corrected chi connectivity index (χ1v) is 7.73. The van der Waals surface area contributed by atoms with Gasteiger partial charge in [0.25, 0.3) is 0 Å². The second-order valence-electron chi connectivity index (χ2n) is 5.35. The molecule has 3 rings (SSSR count). The van der Waals surface area contributed by atoms with Crippen LogP contribution in [0.1, 0.15) is 21.7 Å². The summed E-state index contributed by atoms with van der Waals surface area (Å²) in [7, 11) is 0. The molecule has 5 heteroatoms. The Hall–Kier alpha value is -3.08. The number of benzene rings is 2. The lowest BCUT2D eigenvalue weighted by atomic mass is 10.1. The minimum Gasteiger partial charge on any atom is -0.493 e. The van der Waals surface area contributed by atoms with Crippen LogP contribution in [0, 0.1) is 0 Å². The lowest BCUT2D eigenvalue weighted by molar-refractivity contribution is 0.0695. The van der Waals surface area contributed by atoms with Gasteiger partial charge in [-0.1, -0.05) is 36.4 Å². The smallest absolute Gasteiger partial charge is 0.336 e. The van der Waals surface area contributed by atoms with Crippen LogP contribution in [-0.4, -0.2) is 27.2 Å². The molecule has 0 saturated carbocycles. The second kappa shape index (κ2) is 7.46. The first kappa shape index (κ1) is 15.8. The number of carbonyl (C=O) groups is 1. The van der Waals surface area contributed by atoms with Crippen LogP contribution in [0.15, 0.2) is 67.0 Å². The summed E-state index contributed by atoms with van der Waals surface area (Å²) in [6.45, 7) is 0.991. The Kier molecular flexibility index (Phi) is 4.91. The SMILES string of the molecule is O=C(O)c1ccccc1Cn1ccnc1CCOc1ccccc1. The van der Waals surface area contributed by atoms with Crippen molar-refractivity contribution in [3.63, 3.8) is 0 Å². The number of carboxylic acids is 1. The summed E-state index contributed by atoms with van der Waals surface area (Å²) in [5.41, 5.74) is 1.07. The maximum Gasteiger partial charge on any atom is 0.336 e. The number of aromatic carboxylic acids is 1. The highest BCUT2D eigenvalue weighted by molar-refractivity contribution is 5.89. The first-order chi connectivity index (χ1) is 11.7. The van der Waals surface area contributed by atoms with Gasteiger partial charge in [-0.25, -0.2) is 9.78 Å². The molecule has 0 bridgehead atoms. The molecule has 0 atom stereocenters. The van der Waals surface area contributed by atoms with Crippen molar-refractivity contribution in [2.45, 2.75) is 13.0 Å². The summed E-state index contributed by atoms with van der Waals surface area (Å²) in [5.74, 6) is 0.776. The number of para-hydroxylation sites is 1. The van der Waals surface area contributed by atoms with Crippen molar-refractivity contribution in [2.24, 2.45) is 0 Å². The van der Waals surface area contributed by atoms with Crippen molar-refractivity contribution in [3.05, 3.63) is 83.9 Å². The van der Waals surface area contributed by atoms with E-state index < -0.39 is 5.97 Å². The van der Waals surface area contributed by atoms with Crippen LogP contribution >= 0.6 is 0 Å². The molecule has 2 aromatic carbocycles. The molecular formula is C19H18N2O3. The summed E-state index contributed by atoms with van der Waals surface area (Å²) < 4.78 is 7.65. The number of hydrogen-bond donors (Lipinski definition) is 1. The van der Waals surface area contributed by atoms with Crippen LogP contribution in [0.3, 0.4) is 0 Å². The Morgan fingerprint density at radius 3 is 2.62 bits per heavy atom. The van der Waals surface area contributed by atoms with Crippen LogP contribution in [-0.2, 0) is 13.0 Å². The Labute approximate surface area is 140 Å². The molecule has 0 spiro atoms. The number of nitrogens with zero attached hydrogens (tertiary/aromatic N) is 2. The van der Waals surface area contributed by atoms with Gasteiger partial charge >= 0.3 is 5.97 Å². The first-order valence-electron chi connectivity index (χ1n) is 7.73. The quantitative estimate of drug-likeness (QED) is 0.725. The number of rotatable bonds is 7. The van der Waals surface area contributed by atoms with Gasteiger partial charge < -0.3 is 14.4 Å². The minimum absolute atomic E-state index is 0.317. The summed E-state index contributed by atoms with van der Waals surface area (Å²) in [6.07, 6.45) is 4.23. The zero-order chi connectivity index (χ0) is 16.8. The van der Waals surface area contributed by atoms with E-state index in [1.807, 2.05) is 53.2 Å². The number of hydrogen-bond acceptors (Lipinski definition) is 3. The summed E-state index contributed by atoms with van der Waals surface area (Å²) in [6, 6.07) is 16.6. The maximum atomic E-state index is 11.3. The van der Waals surface area contributed by atoms with Crippen molar-refractivity contribution in [1.82, 2.24) is 9.55 Å². The molecule has 0 saturated heterocycles. The van der Waals surface area contributed by atoms with Gasteiger partial charge in [0.15, 0.2) is 0 Å².